The molecule has 0 N–H and O–H groups in total. The van der Waals surface area contributed by atoms with E-state index in [-0.39, 0.29) is 29.0 Å². The number of imidazole rings is 1. The Labute approximate surface area is 210 Å². The van der Waals surface area contributed by atoms with Gasteiger partial charge in [-0.25, -0.2) is 9.37 Å². The Hall–Kier alpha value is -4.27. The Morgan fingerprint density at radius 3 is 2.19 bits per heavy atom. The highest BCUT2D eigenvalue weighted by atomic mass is 19.4. The van der Waals surface area contributed by atoms with Crippen molar-refractivity contribution in [2.75, 3.05) is 0 Å². The molecule has 2 heterocycles. The minimum atomic E-state index is -4.53. The van der Waals surface area contributed by atoms with Gasteiger partial charge in [-0.1, -0.05) is 73.6 Å². The smallest absolute Gasteiger partial charge is 0.334 e. The van der Waals surface area contributed by atoms with Gasteiger partial charge in [-0.15, -0.1) is 0 Å². The molecule has 0 fully saturated rings. The molecule has 3 aromatic carbocycles. The Morgan fingerprint density at radius 2 is 1.51 bits per heavy atom. The maximum atomic E-state index is 14.8. The highest BCUT2D eigenvalue weighted by molar-refractivity contribution is 5.73. The summed E-state index contributed by atoms with van der Waals surface area (Å²) in [5.41, 5.74) is 3.24. The van der Waals surface area contributed by atoms with Crippen LogP contribution >= 0.6 is 0 Å². The number of hydrogen-bond donors (Lipinski definition) is 0. The van der Waals surface area contributed by atoms with E-state index in [1.165, 1.54) is 17.7 Å². The largest absolute Gasteiger partial charge is 0.434 e. The third-order valence-corrected chi connectivity index (χ3v) is 6.08. The third-order valence-electron chi connectivity index (χ3n) is 6.08. The Kier molecular flexibility index (Phi) is 6.15. The predicted octanol–water partition coefficient (Wildman–Crippen LogP) is 7.75. The number of alkyl halides is 3. The molecule has 0 bridgehead atoms. The van der Waals surface area contributed by atoms with E-state index in [2.05, 4.69) is 29.0 Å². The summed E-state index contributed by atoms with van der Waals surface area (Å²) in [5, 5.41) is 3.99. The summed E-state index contributed by atoms with van der Waals surface area (Å²) < 4.78 is 60.5. The molecule has 0 aliphatic rings. The van der Waals surface area contributed by atoms with Gasteiger partial charge in [-0.05, 0) is 34.7 Å². The zero-order valence-electron chi connectivity index (χ0n) is 20.2. The van der Waals surface area contributed by atoms with Crippen LogP contribution in [0.5, 0.6) is 0 Å². The summed E-state index contributed by atoms with van der Waals surface area (Å²) in [7, 11) is 1.50. The van der Waals surface area contributed by atoms with Gasteiger partial charge >= 0.3 is 6.18 Å². The molecule has 0 saturated heterocycles. The van der Waals surface area contributed by atoms with Crippen LogP contribution in [0.15, 0.2) is 77.4 Å². The van der Waals surface area contributed by atoms with Crippen LogP contribution in [-0.2, 0) is 13.2 Å². The van der Waals surface area contributed by atoms with E-state index < -0.39 is 17.7 Å². The fourth-order valence-electron chi connectivity index (χ4n) is 4.21. The molecule has 0 spiro atoms. The summed E-state index contributed by atoms with van der Waals surface area (Å²) in [5.74, 6) is 0.220. The van der Waals surface area contributed by atoms with Crippen LogP contribution in [0.3, 0.4) is 0 Å². The van der Waals surface area contributed by atoms with Crippen molar-refractivity contribution in [2.45, 2.75) is 25.9 Å². The minimum Gasteiger partial charge on any atom is -0.334 e. The molecule has 0 amide bonds. The van der Waals surface area contributed by atoms with Crippen molar-refractivity contribution < 1.29 is 22.1 Å². The number of benzene rings is 3. The molecule has 0 aliphatic heterocycles. The molecule has 5 nitrogen and oxygen atoms in total. The second-order valence-corrected chi connectivity index (χ2v) is 9.00. The normalized spacial score (nSPS) is 11.9. The van der Waals surface area contributed by atoms with Crippen molar-refractivity contribution in [3.05, 3.63) is 90.0 Å². The van der Waals surface area contributed by atoms with Gasteiger partial charge < -0.3 is 9.09 Å². The summed E-state index contributed by atoms with van der Waals surface area (Å²) in [6.45, 7) is 4.20. The molecule has 5 rings (SSSR count). The molecular formula is C28H22F4N4O. The van der Waals surface area contributed by atoms with Crippen molar-refractivity contribution in [3.8, 4) is 45.4 Å². The van der Waals surface area contributed by atoms with Crippen molar-refractivity contribution >= 4 is 0 Å². The summed E-state index contributed by atoms with van der Waals surface area (Å²) in [4.78, 5) is 8.08. The highest BCUT2D eigenvalue weighted by Crippen LogP contribution is 2.34. The van der Waals surface area contributed by atoms with Crippen LogP contribution in [-0.4, -0.2) is 19.7 Å². The quantitative estimate of drug-likeness (QED) is 0.229. The Morgan fingerprint density at radius 1 is 0.838 bits per heavy atom. The van der Waals surface area contributed by atoms with Crippen LogP contribution in [0, 0.1) is 5.82 Å². The van der Waals surface area contributed by atoms with Gasteiger partial charge in [0.2, 0.25) is 5.82 Å². The van der Waals surface area contributed by atoms with Crippen molar-refractivity contribution in [1.29, 1.82) is 0 Å². The van der Waals surface area contributed by atoms with Gasteiger partial charge in [0.05, 0.1) is 5.56 Å². The predicted molar refractivity (Wildman–Crippen MR) is 132 cm³/mol. The average molecular weight is 507 g/mol. The summed E-state index contributed by atoms with van der Waals surface area (Å²) in [6.07, 6.45) is -3.59. The molecule has 2 aromatic heterocycles. The molecule has 37 heavy (non-hydrogen) atoms. The van der Waals surface area contributed by atoms with Crippen molar-refractivity contribution in [2.24, 2.45) is 7.05 Å². The average Bonchev–Trinajstić information content (AvgIpc) is 3.52. The number of hydrogen-bond acceptors (Lipinski definition) is 4. The summed E-state index contributed by atoms with van der Waals surface area (Å²) in [6, 6.07) is 19.3. The molecule has 9 heteroatoms. The number of rotatable bonds is 5. The van der Waals surface area contributed by atoms with Gasteiger partial charge in [-0.3, -0.25) is 0 Å². The molecule has 0 unspecified atom stereocenters. The zero-order chi connectivity index (χ0) is 26.3. The first-order chi connectivity index (χ1) is 17.6. The number of halogens is 4. The van der Waals surface area contributed by atoms with Crippen molar-refractivity contribution in [3.63, 3.8) is 0 Å². The first kappa shape index (κ1) is 24.4. The van der Waals surface area contributed by atoms with E-state index in [4.69, 9.17) is 4.52 Å². The van der Waals surface area contributed by atoms with Crippen LogP contribution in [0.25, 0.3) is 45.4 Å². The van der Waals surface area contributed by atoms with E-state index in [0.29, 0.717) is 11.1 Å². The SMILES string of the molecule is CC(C)c1ccccc1-c1ccc(F)c(-c2nc(-c3ccc(-c4nc(C(F)(F)F)cn4C)cc3)no2)c1. The second-order valence-electron chi connectivity index (χ2n) is 9.00. The lowest BCUT2D eigenvalue weighted by Gasteiger charge is -2.13. The van der Waals surface area contributed by atoms with Crippen LogP contribution < -0.4 is 0 Å². The van der Waals surface area contributed by atoms with Gasteiger partial charge in [-0.2, -0.15) is 18.2 Å². The lowest BCUT2D eigenvalue weighted by atomic mass is 9.92. The molecule has 0 aliphatic carbocycles. The molecule has 5 aromatic rings. The van der Waals surface area contributed by atoms with Crippen molar-refractivity contribution in [1.82, 2.24) is 19.7 Å². The molecule has 0 saturated carbocycles. The fourth-order valence-corrected chi connectivity index (χ4v) is 4.21. The molecule has 188 valence electrons. The lowest BCUT2D eigenvalue weighted by molar-refractivity contribution is -0.140. The van der Waals surface area contributed by atoms with E-state index in [1.807, 2.05) is 24.3 Å². The maximum absolute atomic E-state index is 14.8. The maximum Gasteiger partial charge on any atom is 0.434 e. The first-order valence-corrected chi connectivity index (χ1v) is 11.6. The topological polar surface area (TPSA) is 56.7 Å². The fraction of sp³-hybridized carbons (Fsp3) is 0.179. The van der Waals surface area contributed by atoms with Crippen LogP contribution in [0.4, 0.5) is 17.6 Å². The molecule has 0 radical (unpaired) electrons. The standard InChI is InChI=1S/C28H22F4N4O/c1-16(2)20-6-4-5-7-21(20)19-12-13-23(29)22(14-19)27-34-25(35-37-27)17-8-10-18(11-9-17)26-33-24(15-36(26)3)28(30,31)32/h4-16H,1-3H3. The molecular weight excluding hydrogens is 484 g/mol. The van der Waals surface area contributed by atoms with E-state index in [0.717, 1.165) is 22.9 Å². The van der Waals surface area contributed by atoms with Crippen LogP contribution in [0.2, 0.25) is 0 Å². The minimum absolute atomic E-state index is 0.0272. The van der Waals surface area contributed by atoms with Crippen LogP contribution in [0.1, 0.15) is 31.0 Å². The van der Waals surface area contributed by atoms with Gasteiger partial charge in [0, 0.05) is 24.4 Å². The Balaban J connectivity index is 1.45. The lowest BCUT2D eigenvalue weighted by Crippen LogP contribution is -2.04. The van der Waals surface area contributed by atoms with E-state index >= 15 is 0 Å². The van der Waals surface area contributed by atoms with E-state index in [1.54, 1.807) is 36.4 Å². The number of aryl methyl sites for hydroxylation is 1. The number of nitrogens with zero attached hydrogens (tertiary/aromatic N) is 4. The first-order valence-electron chi connectivity index (χ1n) is 11.6. The third kappa shape index (κ3) is 4.76. The summed E-state index contributed by atoms with van der Waals surface area (Å²) >= 11 is 0. The highest BCUT2D eigenvalue weighted by Gasteiger charge is 2.34. The monoisotopic (exact) mass is 506 g/mol. The second kappa shape index (κ2) is 9.31. The zero-order valence-corrected chi connectivity index (χ0v) is 20.2. The number of aromatic nitrogens is 4. The Bertz CT molecular complexity index is 1570. The van der Waals surface area contributed by atoms with Gasteiger partial charge in [0.25, 0.3) is 5.89 Å². The van der Waals surface area contributed by atoms with E-state index in [9.17, 15) is 17.6 Å². The molecule has 0 atom stereocenters. The van der Waals surface area contributed by atoms with Gasteiger partial charge in [0.15, 0.2) is 5.69 Å². The van der Waals surface area contributed by atoms with Gasteiger partial charge in [0.1, 0.15) is 11.6 Å².